The van der Waals surface area contributed by atoms with Crippen LogP contribution >= 0.6 is 28.3 Å². The molecule has 0 saturated carbocycles. The fraction of sp³-hybridized carbons (Fsp3) is 0.417. The Balaban J connectivity index is 0.00000162. The summed E-state index contributed by atoms with van der Waals surface area (Å²) in [6.45, 7) is 2.14. The lowest BCUT2D eigenvalue weighted by atomic mass is 10.2. The third kappa shape index (κ3) is 4.94. The van der Waals surface area contributed by atoms with Gasteiger partial charge in [0.1, 0.15) is 0 Å². The average Bonchev–Trinajstić information content (AvgIpc) is 2.30. The molecule has 0 radical (unpaired) electrons. The molecule has 1 saturated heterocycles. The second-order valence-electron chi connectivity index (χ2n) is 3.99. The van der Waals surface area contributed by atoms with Gasteiger partial charge in [-0.05, 0) is 18.2 Å². The number of rotatable bonds is 3. The summed E-state index contributed by atoms with van der Waals surface area (Å²) in [6.07, 6.45) is 0.437. The molecule has 2 rings (SSSR count). The Kier molecular flexibility index (Phi) is 6.63. The minimum Gasteiger partial charge on any atom is -0.378 e. The summed E-state index contributed by atoms with van der Waals surface area (Å²) in [6, 6.07) is 7.68. The molecular weight excluding hydrogens is 320 g/mol. The summed E-state index contributed by atoms with van der Waals surface area (Å²) in [7, 11) is 0. The highest BCUT2D eigenvalue weighted by Gasteiger charge is 2.16. The van der Waals surface area contributed by atoms with E-state index in [-0.39, 0.29) is 24.4 Å². The highest BCUT2D eigenvalue weighted by Crippen LogP contribution is 2.16. The summed E-state index contributed by atoms with van der Waals surface area (Å²) in [5.74, 6) is 0.00565. The van der Waals surface area contributed by atoms with E-state index in [4.69, 9.17) is 4.74 Å². The van der Waals surface area contributed by atoms with Gasteiger partial charge in [0.2, 0.25) is 5.91 Å². The van der Waals surface area contributed by atoms with Crippen LogP contribution in [0.3, 0.4) is 0 Å². The molecule has 18 heavy (non-hydrogen) atoms. The Labute approximate surface area is 121 Å². The van der Waals surface area contributed by atoms with E-state index < -0.39 is 0 Å². The maximum absolute atomic E-state index is 11.8. The first-order valence-corrected chi connectivity index (χ1v) is 6.40. The number of hydrogen-bond donors (Lipinski definition) is 2. The third-order valence-corrected chi connectivity index (χ3v) is 3.03. The van der Waals surface area contributed by atoms with Crippen molar-refractivity contribution in [3.05, 3.63) is 28.7 Å². The van der Waals surface area contributed by atoms with Crippen LogP contribution in [0, 0.1) is 0 Å². The zero-order valence-corrected chi connectivity index (χ0v) is 12.2. The van der Waals surface area contributed by atoms with Gasteiger partial charge in [-0.3, -0.25) is 4.79 Å². The molecule has 1 aliphatic rings. The van der Waals surface area contributed by atoms with E-state index in [1.54, 1.807) is 0 Å². The Morgan fingerprint density at radius 3 is 3.06 bits per heavy atom. The van der Waals surface area contributed by atoms with Crippen molar-refractivity contribution in [1.29, 1.82) is 0 Å². The number of halogens is 2. The molecule has 1 amide bonds. The van der Waals surface area contributed by atoms with Gasteiger partial charge in [-0.2, -0.15) is 0 Å². The van der Waals surface area contributed by atoms with Crippen LogP contribution in [0.25, 0.3) is 0 Å². The van der Waals surface area contributed by atoms with Gasteiger partial charge >= 0.3 is 0 Å². The minimum absolute atomic E-state index is 0. The second-order valence-corrected chi connectivity index (χ2v) is 4.90. The average molecular weight is 336 g/mol. The van der Waals surface area contributed by atoms with Crippen LogP contribution in [0.5, 0.6) is 0 Å². The van der Waals surface area contributed by atoms with Crippen LogP contribution in [0.4, 0.5) is 5.69 Å². The summed E-state index contributed by atoms with van der Waals surface area (Å²) >= 11 is 3.37. The fourth-order valence-corrected chi connectivity index (χ4v) is 2.15. The van der Waals surface area contributed by atoms with Crippen molar-refractivity contribution in [3.8, 4) is 0 Å². The number of carbonyl (C=O) groups is 1. The summed E-state index contributed by atoms with van der Waals surface area (Å²) in [4.78, 5) is 11.8. The number of benzene rings is 1. The highest BCUT2D eigenvalue weighted by atomic mass is 79.9. The highest BCUT2D eigenvalue weighted by molar-refractivity contribution is 9.10. The number of morpholine rings is 1. The molecule has 1 atom stereocenters. The van der Waals surface area contributed by atoms with Crippen molar-refractivity contribution in [2.75, 3.05) is 25.1 Å². The molecule has 0 aromatic heterocycles. The number of amides is 1. The maximum atomic E-state index is 11.8. The lowest BCUT2D eigenvalue weighted by Crippen LogP contribution is -2.43. The topological polar surface area (TPSA) is 50.4 Å². The quantitative estimate of drug-likeness (QED) is 0.890. The monoisotopic (exact) mass is 334 g/mol. The number of carbonyl (C=O) groups excluding carboxylic acids is 1. The molecule has 1 aliphatic heterocycles. The van der Waals surface area contributed by atoms with E-state index in [9.17, 15) is 4.79 Å². The maximum Gasteiger partial charge on any atom is 0.226 e. The number of anilines is 1. The summed E-state index contributed by atoms with van der Waals surface area (Å²) in [5.41, 5.74) is 0.807. The van der Waals surface area contributed by atoms with E-state index in [2.05, 4.69) is 26.6 Å². The van der Waals surface area contributed by atoms with Gasteiger partial charge in [0.25, 0.3) is 0 Å². The van der Waals surface area contributed by atoms with Crippen molar-refractivity contribution in [3.63, 3.8) is 0 Å². The van der Waals surface area contributed by atoms with Gasteiger partial charge in [-0.25, -0.2) is 0 Å². The van der Waals surface area contributed by atoms with Gasteiger partial charge in [0.05, 0.1) is 13.2 Å². The zero-order valence-electron chi connectivity index (χ0n) is 9.82. The molecule has 1 heterocycles. The first-order chi connectivity index (χ1) is 8.24. The summed E-state index contributed by atoms with van der Waals surface area (Å²) in [5, 5.41) is 6.12. The predicted octanol–water partition coefficient (Wildman–Crippen LogP) is 2.19. The largest absolute Gasteiger partial charge is 0.378 e. The molecule has 2 N–H and O–H groups in total. The first kappa shape index (κ1) is 15.4. The van der Waals surface area contributed by atoms with E-state index >= 15 is 0 Å². The SMILES string of the molecule is Cl.O=C(CC1COCCN1)Nc1cccc(Br)c1. The molecular formula is C12H16BrClN2O2. The molecule has 100 valence electrons. The van der Waals surface area contributed by atoms with E-state index in [1.165, 1.54) is 0 Å². The van der Waals surface area contributed by atoms with Crippen LogP contribution in [0.2, 0.25) is 0 Å². The van der Waals surface area contributed by atoms with Gasteiger partial charge in [0, 0.05) is 29.2 Å². The summed E-state index contributed by atoms with van der Waals surface area (Å²) < 4.78 is 6.26. The third-order valence-electron chi connectivity index (χ3n) is 2.54. The molecule has 1 aromatic rings. The van der Waals surface area contributed by atoms with Gasteiger partial charge < -0.3 is 15.4 Å². The first-order valence-electron chi connectivity index (χ1n) is 5.60. The van der Waals surface area contributed by atoms with Crippen LogP contribution in [-0.4, -0.2) is 31.7 Å². The van der Waals surface area contributed by atoms with Crippen molar-refractivity contribution < 1.29 is 9.53 Å². The lowest BCUT2D eigenvalue weighted by molar-refractivity contribution is -0.117. The molecule has 0 spiro atoms. The number of nitrogens with one attached hydrogen (secondary N) is 2. The minimum atomic E-state index is 0. The molecule has 0 bridgehead atoms. The van der Waals surface area contributed by atoms with Crippen LogP contribution in [0.1, 0.15) is 6.42 Å². The van der Waals surface area contributed by atoms with Gasteiger partial charge in [-0.1, -0.05) is 22.0 Å². The Bertz CT molecular complexity index is 397. The van der Waals surface area contributed by atoms with Crippen molar-refractivity contribution in [2.24, 2.45) is 0 Å². The Morgan fingerprint density at radius 2 is 2.39 bits per heavy atom. The lowest BCUT2D eigenvalue weighted by Gasteiger charge is -2.23. The van der Waals surface area contributed by atoms with E-state index in [1.807, 2.05) is 24.3 Å². The Hall–Kier alpha value is -0.620. The molecule has 6 heteroatoms. The van der Waals surface area contributed by atoms with Crippen LogP contribution in [0.15, 0.2) is 28.7 Å². The van der Waals surface area contributed by atoms with E-state index in [0.717, 1.165) is 23.3 Å². The molecule has 1 aromatic carbocycles. The van der Waals surface area contributed by atoms with Crippen LogP contribution in [-0.2, 0) is 9.53 Å². The number of hydrogen-bond acceptors (Lipinski definition) is 3. The van der Waals surface area contributed by atoms with Crippen LogP contribution < -0.4 is 10.6 Å². The van der Waals surface area contributed by atoms with Gasteiger partial charge in [0.15, 0.2) is 0 Å². The normalized spacial score (nSPS) is 18.8. The zero-order chi connectivity index (χ0) is 12.1. The van der Waals surface area contributed by atoms with Crippen molar-refractivity contribution in [1.82, 2.24) is 5.32 Å². The molecule has 4 nitrogen and oxygen atoms in total. The van der Waals surface area contributed by atoms with E-state index in [0.29, 0.717) is 13.0 Å². The molecule has 1 unspecified atom stereocenters. The van der Waals surface area contributed by atoms with Crippen molar-refractivity contribution in [2.45, 2.75) is 12.5 Å². The van der Waals surface area contributed by atoms with Gasteiger partial charge in [-0.15, -0.1) is 12.4 Å². The molecule has 0 aliphatic carbocycles. The Morgan fingerprint density at radius 1 is 1.56 bits per heavy atom. The standard InChI is InChI=1S/C12H15BrN2O2.ClH/c13-9-2-1-3-10(6-9)15-12(16)7-11-8-17-5-4-14-11;/h1-3,6,11,14H,4-5,7-8H2,(H,15,16);1H. The van der Waals surface area contributed by atoms with Crippen molar-refractivity contribution >= 4 is 39.9 Å². The second kappa shape index (κ2) is 7.74. The fourth-order valence-electron chi connectivity index (χ4n) is 1.75. The number of ether oxygens (including phenoxy) is 1. The molecule has 1 fully saturated rings. The smallest absolute Gasteiger partial charge is 0.226 e. The predicted molar refractivity (Wildman–Crippen MR) is 77.2 cm³/mol.